The third-order valence-corrected chi connectivity index (χ3v) is 3.07. The molecule has 0 aliphatic heterocycles. The summed E-state index contributed by atoms with van der Waals surface area (Å²) in [4.78, 5) is 0. The average Bonchev–Trinajstić information content (AvgIpc) is 2.42. The number of ether oxygens (including phenoxy) is 1. The van der Waals surface area contributed by atoms with E-state index in [1.165, 1.54) is 24.0 Å². The number of aryl methyl sites for hydroxylation is 1. The lowest BCUT2D eigenvalue weighted by molar-refractivity contribution is 0.412. The van der Waals surface area contributed by atoms with E-state index < -0.39 is 0 Å². The van der Waals surface area contributed by atoms with Gasteiger partial charge in [-0.2, -0.15) is 0 Å². The van der Waals surface area contributed by atoms with Crippen molar-refractivity contribution in [2.45, 2.75) is 32.1 Å². The molecular formula is C12H16O. The van der Waals surface area contributed by atoms with Gasteiger partial charge in [0, 0.05) is 0 Å². The van der Waals surface area contributed by atoms with Gasteiger partial charge in [-0.25, -0.2) is 0 Å². The Morgan fingerprint density at radius 1 is 1.31 bits per heavy atom. The quantitative estimate of drug-likeness (QED) is 0.639. The minimum absolute atomic E-state index is 0.337. The van der Waals surface area contributed by atoms with Crippen LogP contribution in [0.4, 0.5) is 0 Å². The van der Waals surface area contributed by atoms with Crippen LogP contribution in [0.1, 0.15) is 31.4 Å². The zero-order valence-corrected chi connectivity index (χ0v) is 8.55. The second-order valence-electron chi connectivity index (χ2n) is 4.41. The summed E-state index contributed by atoms with van der Waals surface area (Å²) in [5.41, 5.74) is 3.29. The second kappa shape index (κ2) is 2.76. The van der Waals surface area contributed by atoms with Crippen LogP contribution >= 0.6 is 0 Å². The van der Waals surface area contributed by atoms with Crippen LogP contribution in [-0.4, -0.2) is 7.11 Å². The summed E-state index contributed by atoms with van der Waals surface area (Å²) in [6, 6.07) is 6.44. The molecule has 1 aromatic carbocycles. The van der Waals surface area contributed by atoms with E-state index in [1.807, 2.05) is 0 Å². The van der Waals surface area contributed by atoms with Gasteiger partial charge in [0.2, 0.25) is 0 Å². The fourth-order valence-electron chi connectivity index (χ4n) is 2.11. The highest BCUT2D eigenvalue weighted by Gasteiger charge is 2.29. The molecule has 1 aliphatic carbocycles. The number of benzene rings is 1. The van der Waals surface area contributed by atoms with Crippen LogP contribution in [0.15, 0.2) is 18.2 Å². The molecule has 13 heavy (non-hydrogen) atoms. The summed E-state index contributed by atoms with van der Waals surface area (Å²) >= 11 is 0. The predicted molar refractivity (Wildman–Crippen MR) is 54.3 cm³/mol. The van der Waals surface area contributed by atoms with Crippen molar-refractivity contribution in [3.63, 3.8) is 0 Å². The monoisotopic (exact) mass is 176 g/mol. The van der Waals surface area contributed by atoms with Gasteiger partial charge in [0.05, 0.1) is 7.11 Å². The summed E-state index contributed by atoms with van der Waals surface area (Å²) in [5, 5.41) is 0. The molecule has 0 N–H and O–H groups in total. The number of rotatable bonds is 1. The molecule has 0 saturated heterocycles. The maximum Gasteiger partial charge on any atom is 0.119 e. The zero-order valence-electron chi connectivity index (χ0n) is 8.55. The standard InChI is InChI=1S/C12H16O/c1-12(2)7-6-9-4-5-10(13-3)8-11(9)12/h4-5,8H,6-7H2,1-3H3. The number of hydrogen-bond acceptors (Lipinski definition) is 1. The molecule has 1 aromatic rings. The van der Waals surface area contributed by atoms with Crippen LogP contribution in [0.2, 0.25) is 0 Å². The molecule has 0 atom stereocenters. The molecule has 70 valence electrons. The molecule has 0 saturated carbocycles. The molecule has 2 rings (SSSR count). The molecule has 0 radical (unpaired) electrons. The fourth-order valence-corrected chi connectivity index (χ4v) is 2.11. The van der Waals surface area contributed by atoms with Crippen molar-refractivity contribution in [1.82, 2.24) is 0 Å². The second-order valence-corrected chi connectivity index (χ2v) is 4.41. The number of fused-ring (bicyclic) bond motifs is 1. The molecular weight excluding hydrogens is 160 g/mol. The summed E-state index contributed by atoms with van der Waals surface area (Å²) in [7, 11) is 1.73. The Bertz CT molecular complexity index is 326. The van der Waals surface area contributed by atoms with Crippen molar-refractivity contribution in [2.24, 2.45) is 0 Å². The van der Waals surface area contributed by atoms with Gasteiger partial charge in [-0.15, -0.1) is 0 Å². The number of methoxy groups -OCH3 is 1. The summed E-state index contributed by atoms with van der Waals surface area (Å²) < 4.78 is 5.23. The zero-order chi connectivity index (χ0) is 9.47. The van der Waals surface area contributed by atoms with Crippen molar-refractivity contribution in [3.05, 3.63) is 29.3 Å². The highest BCUT2D eigenvalue weighted by atomic mass is 16.5. The minimum atomic E-state index is 0.337. The Morgan fingerprint density at radius 2 is 2.08 bits per heavy atom. The van der Waals surface area contributed by atoms with E-state index in [-0.39, 0.29) is 0 Å². The maximum atomic E-state index is 5.23. The van der Waals surface area contributed by atoms with Gasteiger partial charge in [-0.1, -0.05) is 19.9 Å². The first-order valence-electron chi connectivity index (χ1n) is 4.81. The molecule has 1 nitrogen and oxygen atoms in total. The Morgan fingerprint density at radius 3 is 2.77 bits per heavy atom. The van der Waals surface area contributed by atoms with E-state index in [0.29, 0.717) is 5.41 Å². The lowest BCUT2D eigenvalue weighted by Gasteiger charge is -2.19. The molecule has 0 amide bonds. The van der Waals surface area contributed by atoms with Crippen LogP contribution < -0.4 is 4.74 Å². The van der Waals surface area contributed by atoms with Crippen molar-refractivity contribution in [1.29, 1.82) is 0 Å². The van der Waals surface area contributed by atoms with E-state index in [9.17, 15) is 0 Å². The Hall–Kier alpha value is -0.980. The molecule has 0 fully saturated rings. The molecule has 0 aromatic heterocycles. The summed E-state index contributed by atoms with van der Waals surface area (Å²) in [6.45, 7) is 4.61. The van der Waals surface area contributed by atoms with Crippen LogP contribution in [0.3, 0.4) is 0 Å². The van der Waals surface area contributed by atoms with Gasteiger partial charge in [-0.05, 0) is 41.5 Å². The molecule has 1 aliphatic rings. The molecule has 0 unspecified atom stereocenters. The van der Waals surface area contributed by atoms with Crippen LogP contribution in [0, 0.1) is 0 Å². The van der Waals surface area contributed by atoms with E-state index in [0.717, 1.165) is 5.75 Å². The Kier molecular flexibility index (Phi) is 1.83. The van der Waals surface area contributed by atoms with Crippen molar-refractivity contribution in [3.8, 4) is 5.75 Å². The summed E-state index contributed by atoms with van der Waals surface area (Å²) in [5.74, 6) is 0.980. The van der Waals surface area contributed by atoms with Crippen LogP contribution in [0.5, 0.6) is 5.75 Å². The minimum Gasteiger partial charge on any atom is -0.497 e. The van der Waals surface area contributed by atoms with E-state index in [2.05, 4.69) is 32.0 Å². The van der Waals surface area contributed by atoms with Gasteiger partial charge in [0.15, 0.2) is 0 Å². The van der Waals surface area contributed by atoms with Crippen LogP contribution in [0.25, 0.3) is 0 Å². The highest BCUT2D eigenvalue weighted by molar-refractivity contribution is 5.43. The van der Waals surface area contributed by atoms with Gasteiger partial charge in [0.25, 0.3) is 0 Å². The first-order chi connectivity index (χ1) is 6.13. The first kappa shape index (κ1) is 8.61. The SMILES string of the molecule is COc1ccc2c(c1)C(C)(C)CC2. The van der Waals surface area contributed by atoms with Crippen molar-refractivity contribution >= 4 is 0 Å². The topological polar surface area (TPSA) is 9.23 Å². The Labute approximate surface area is 79.7 Å². The van der Waals surface area contributed by atoms with Gasteiger partial charge in [0.1, 0.15) is 5.75 Å². The predicted octanol–water partition coefficient (Wildman–Crippen LogP) is 2.92. The van der Waals surface area contributed by atoms with Crippen molar-refractivity contribution < 1.29 is 4.74 Å². The van der Waals surface area contributed by atoms with Crippen LogP contribution in [-0.2, 0) is 11.8 Å². The highest BCUT2D eigenvalue weighted by Crippen LogP contribution is 2.39. The lowest BCUT2D eigenvalue weighted by atomic mass is 9.86. The van der Waals surface area contributed by atoms with Crippen molar-refractivity contribution in [2.75, 3.05) is 7.11 Å². The third kappa shape index (κ3) is 1.32. The Balaban J connectivity index is 2.50. The smallest absolute Gasteiger partial charge is 0.119 e. The van der Waals surface area contributed by atoms with E-state index in [4.69, 9.17) is 4.74 Å². The molecule has 0 bridgehead atoms. The maximum absolute atomic E-state index is 5.23. The molecule has 0 heterocycles. The molecule has 0 spiro atoms. The normalized spacial score (nSPS) is 18.4. The molecule has 1 heteroatoms. The van der Waals surface area contributed by atoms with Gasteiger partial charge in [-0.3, -0.25) is 0 Å². The van der Waals surface area contributed by atoms with Gasteiger partial charge >= 0.3 is 0 Å². The average molecular weight is 176 g/mol. The summed E-state index contributed by atoms with van der Waals surface area (Å²) in [6.07, 6.45) is 2.47. The van der Waals surface area contributed by atoms with Gasteiger partial charge < -0.3 is 4.74 Å². The van der Waals surface area contributed by atoms with E-state index >= 15 is 0 Å². The first-order valence-corrected chi connectivity index (χ1v) is 4.81. The fraction of sp³-hybridized carbons (Fsp3) is 0.500. The largest absolute Gasteiger partial charge is 0.497 e. The number of hydrogen-bond donors (Lipinski definition) is 0. The lowest BCUT2D eigenvalue weighted by Crippen LogP contribution is -2.11. The third-order valence-electron chi connectivity index (χ3n) is 3.07. The van der Waals surface area contributed by atoms with E-state index in [1.54, 1.807) is 7.11 Å².